The van der Waals surface area contributed by atoms with Crippen molar-refractivity contribution in [1.29, 1.82) is 0 Å². The second-order valence-electron chi connectivity index (χ2n) is 8.20. The summed E-state index contributed by atoms with van der Waals surface area (Å²) in [5.41, 5.74) is 1.30. The lowest BCUT2D eigenvalue weighted by molar-refractivity contribution is -0.121. The van der Waals surface area contributed by atoms with Gasteiger partial charge in [0.25, 0.3) is 0 Å². The van der Waals surface area contributed by atoms with Gasteiger partial charge in [0.05, 0.1) is 24.2 Å². The van der Waals surface area contributed by atoms with E-state index in [1.54, 1.807) is 14.0 Å². The summed E-state index contributed by atoms with van der Waals surface area (Å²) in [5, 5.41) is 3.09. The van der Waals surface area contributed by atoms with E-state index in [4.69, 9.17) is 4.74 Å². The third-order valence-electron chi connectivity index (χ3n) is 5.63. The minimum absolute atomic E-state index is 0.0398. The Bertz CT molecular complexity index is 586. The number of ether oxygens (including phenoxy) is 1. The molecule has 25 heavy (non-hydrogen) atoms. The topological polar surface area (TPSA) is 59.4 Å². The smallest absolute Gasteiger partial charge is 0.217 e. The molecule has 0 spiro atoms. The van der Waals surface area contributed by atoms with Crippen molar-refractivity contribution >= 4 is 5.91 Å². The first-order valence-electron chi connectivity index (χ1n) is 9.47. The highest BCUT2D eigenvalue weighted by molar-refractivity contribution is 5.73. The van der Waals surface area contributed by atoms with Gasteiger partial charge in [-0.2, -0.15) is 0 Å². The monoisotopic (exact) mass is 348 g/mol. The molecule has 0 radical (unpaired) electrons. The van der Waals surface area contributed by atoms with Gasteiger partial charge in [-0.25, -0.2) is 4.98 Å². The quantitative estimate of drug-likeness (QED) is 0.853. The van der Waals surface area contributed by atoms with E-state index in [1.165, 1.54) is 5.69 Å². The molecule has 4 atom stereocenters. The van der Waals surface area contributed by atoms with Crippen molar-refractivity contribution in [3.05, 3.63) is 18.2 Å². The lowest BCUT2D eigenvalue weighted by atomic mass is 9.77. The summed E-state index contributed by atoms with van der Waals surface area (Å²) in [6.07, 6.45) is 6.14. The predicted molar refractivity (Wildman–Crippen MR) is 97.0 cm³/mol. The maximum absolute atomic E-state index is 11.5. The first kappa shape index (κ1) is 18.4. The van der Waals surface area contributed by atoms with Crippen LogP contribution in [0.2, 0.25) is 0 Å². The molecule has 2 heterocycles. The fraction of sp³-hybridized carbons (Fsp3) is 0.789. The van der Waals surface area contributed by atoms with Gasteiger partial charge < -0.3 is 14.6 Å². The number of carbonyl (C=O) groups is 1. The molecule has 1 aromatic rings. The van der Waals surface area contributed by atoms with E-state index in [0.29, 0.717) is 17.8 Å². The maximum Gasteiger partial charge on any atom is 0.217 e. The van der Waals surface area contributed by atoms with Gasteiger partial charge in [-0.1, -0.05) is 13.8 Å². The van der Waals surface area contributed by atoms with E-state index in [0.717, 1.165) is 39.0 Å². The number of hydrogen-bond acceptors (Lipinski definition) is 4. The molecule has 6 heteroatoms. The van der Waals surface area contributed by atoms with Gasteiger partial charge in [0.2, 0.25) is 5.91 Å². The van der Waals surface area contributed by atoms with Crippen molar-refractivity contribution in [3.63, 3.8) is 0 Å². The molecule has 0 bridgehead atoms. The second-order valence-corrected chi connectivity index (χ2v) is 8.20. The molecular weight excluding hydrogens is 316 g/mol. The molecule has 1 N–H and O–H groups in total. The Labute approximate surface area is 150 Å². The highest BCUT2D eigenvalue weighted by atomic mass is 16.5. The Balaban J connectivity index is 1.61. The molecule has 0 aromatic carbocycles. The van der Waals surface area contributed by atoms with Crippen LogP contribution in [0.4, 0.5) is 0 Å². The van der Waals surface area contributed by atoms with Crippen molar-refractivity contribution in [3.8, 4) is 0 Å². The normalized spacial score (nSPS) is 29.8. The summed E-state index contributed by atoms with van der Waals surface area (Å²) in [6.45, 7) is 10.3. The fourth-order valence-corrected chi connectivity index (χ4v) is 4.58. The van der Waals surface area contributed by atoms with Crippen LogP contribution in [-0.4, -0.2) is 52.7 Å². The Hall–Kier alpha value is -1.40. The van der Waals surface area contributed by atoms with Crippen molar-refractivity contribution in [2.24, 2.45) is 17.8 Å². The Morgan fingerprint density at radius 1 is 1.36 bits per heavy atom. The lowest BCUT2D eigenvalue weighted by Gasteiger charge is -2.37. The molecule has 1 aromatic heterocycles. The summed E-state index contributed by atoms with van der Waals surface area (Å²) in [7, 11) is 1.76. The van der Waals surface area contributed by atoms with Crippen LogP contribution in [0.3, 0.4) is 0 Å². The van der Waals surface area contributed by atoms with Crippen LogP contribution < -0.4 is 5.32 Å². The highest BCUT2D eigenvalue weighted by Crippen LogP contribution is 2.38. The average Bonchev–Trinajstić information content (AvgIpc) is 3.12. The van der Waals surface area contributed by atoms with Crippen LogP contribution in [0.1, 0.15) is 39.3 Å². The number of rotatable bonds is 6. The van der Waals surface area contributed by atoms with E-state index in [2.05, 4.69) is 33.6 Å². The Morgan fingerprint density at radius 2 is 2.08 bits per heavy atom. The first-order valence-corrected chi connectivity index (χ1v) is 9.47. The highest BCUT2D eigenvalue weighted by Gasteiger charge is 2.42. The van der Waals surface area contributed by atoms with Gasteiger partial charge in [0, 0.05) is 46.4 Å². The molecule has 1 aliphatic heterocycles. The van der Waals surface area contributed by atoms with E-state index in [1.807, 2.05) is 12.5 Å². The zero-order chi connectivity index (χ0) is 18.0. The molecule has 3 rings (SSSR count). The van der Waals surface area contributed by atoms with Crippen LogP contribution in [0.15, 0.2) is 12.5 Å². The Morgan fingerprint density at radius 3 is 2.72 bits per heavy atom. The summed E-state index contributed by atoms with van der Waals surface area (Å²) >= 11 is 0. The molecular formula is C19H32N4O2. The minimum atomic E-state index is 0.0398. The van der Waals surface area contributed by atoms with E-state index in [9.17, 15) is 4.79 Å². The predicted octanol–water partition coefficient (Wildman–Crippen LogP) is 1.90. The van der Waals surface area contributed by atoms with Crippen LogP contribution >= 0.6 is 0 Å². The number of imidazole rings is 1. The van der Waals surface area contributed by atoms with Crippen LogP contribution in [0.25, 0.3) is 0 Å². The molecule has 1 aliphatic carbocycles. The molecule has 0 unspecified atom stereocenters. The Kier molecular flexibility index (Phi) is 5.79. The fourth-order valence-electron chi connectivity index (χ4n) is 4.58. The number of hydrogen-bond donors (Lipinski definition) is 1. The molecule has 140 valence electrons. The van der Waals surface area contributed by atoms with Crippen molar-refractivity contribution in [2.45, 2.75) is 58.8 Å². The first-order chi connectivity index (χ1) is 12.0. The largest absolute Gasteiger partial charge is 0.379 e. The summed E-state index contributed by atoms with van der Waals surface area (Å²) < 4.78 is 7.95. The van der Waals surface area contributed by atoms with Gasteiger partial charge in [0.1, 0.15) is 0 Å². The molecule has 1 saturated carbocycles. The summed E-state index contributed by atoms with van der Waals surface area (Å²) in [5.74, 6) is 1.97. The van der Waals surface area contributed by atoms with Crippen molar-refractivity contribution in [2.75, 3.05) is 20.2 Å². The molecule has 1 amide bonds. The zero-order valence-corrected chi connectivity index (χ0v) is 15.9. The molecule has 6 nitrogen and oxygen atoms in total. The molecule has 1 saturated heterocycles. The molecule has 2 fully saturated rings. The lowest BCUT2D eigenvalue weighted by Crippen LogP contribution is -2.49. The SMILES string of the molecule is CO[C@@H]1C[C@H]2CN(Cc3cncn3CC(C)C)C[C@H]2C[C@H]1NC(C)=O. The van der Waals surface area contributed by atoms with Gasteiger partial charge >= 0.3 is 0 Å². The molecule has 2 aliphatic rings. The van der Waals surface area contributed by atoms with Crippen LogP contribution in [0.5, 0.6) is 0 Å². The number of nitrogens with one attached hydrogen (secondary N) is 1. The number of carbonyl (C=O) groups excluding carboxylic acids is 1. The number of aromatic nitrogens is 2. The average molecular weight is 348 g/mol. The van der Waals surface area contributed by atoms with Gasteiger partial charge in [-0.15, -0.1) is 0 Å². The zero-order valence-electron chi connectivity index (χ0n) is 15.9. The van der Waals surface area contributed by atoms with Gasteiger partial charge in [-0.3, -0.25) is 9.69 Å². The summed E-state index contributed by atoms with van der Waals surface area (Å²) in [4.78, 5) is 18.4. The minimum Gasteiger partial charge on any atom is -0.379 e. The van der Waals surface area contributed by atoms with Crippen molar-refractivity contribution < 1.29 is 9.53 Å². The maximum atomic E-state index is 11.5. The summed E-state index contributed by atoms with van der Waals surface area (Å²) in [6, 6.07) is 0.148. The number of likely N-dealkylation sites (tertiary alicyclic amines) is 1. The second kappa shape index (κ2) is 7.87. The number of nitrogens with zero attached hydrogens (tertiary/aromatic N) is 3. The van der Waals surface area contributed by atoms with E-state index >= 15 is 0 Å². The van der Waals surface area contributed by atoms with Crippen LogP contribution in [0, 0.1) is 17.8 Å². The number of methoxy groups -OCH3 is 1. The number of fused-ring (bicyclic) bond motifs is 1. The van der Waals surface area contributed by atoms with E-state index in [-0.39, 0.29) is 18.1 Å². The third kappa shape index (κ3) is 4.42. The van der Waals surface area contributed by atoms with Crippen molar-refractivity contribution in [1.82, 2.24) is 19.8 Å². The van der Waals surface area contributed by atoms with E-state index < -0.39 is 0 Å². The third-order valence-corrected chi connectivity index (χ3v) is 5.63. The van der Waals surface area contributed by atoms with Gasteiger partial charge in [-0.05, 0) is 30.6 Å². The standard InChI is InChI=1S/C19H32N4O2/c1-13(2)8-23-12-20-7-17(23)11-22-9-15-5-18(21-14(3)24)19(25-4)6-16(15)10-22/h7,12-13,15-16,18-19H,5-6,8-11H2,1-4H3,(H,21,24)/t15-,16+,18-,19-/m1/s1. The number of amides is 1. The van der Waals surface area contributed by atoms with Crippen LogP contribution in [-0.2, 0) is 22.6 Å². The van der Waals surface area contributed by atoms with Gasteiger partial charge in [0.15, 0.2) is 0 Å².